The molecule has 3 aliphatic rings. The molecule has 5 amide bonds. The number of halogens is 4. The maximum atomic E-state index is 12.5. The van der Waals surface area contributed by atoms with Gasteiger partial charge < -0.3 is 35.4 Å². The number of likely N-dealkylation sites (tertiary alicyclic amines) is 1. The molecule has 3 saturated heterocycles. The normalized spacial score (nSPS) is 18.8. The minimum absolute atomic E-state index is 0.107. The summed E-state index contributed by atoms with van der Waals surface area (Å²) < 4.78 is 5.47. The number of urea groups is 2. The molecule has 0 aliphatic carbocycles. The molecule has 5 rings (SSSR count). The Hall–Kier alpha value is -2.67. The van der Waals surface area contributed by atoms with Crippen LogP contribution in [0.5, 0.6) is 0 Å². The quantitative estimate of drug-likeness (QED) is 0.331. The third-order valence-corrected chi connectivity index (χ3v) is 9.16. The minimum Gasteiger partial charge on any atom is -0.444 e. The van der Waals surface area contributed by atoms with Crippen LogP contribution in [0, 0.1) is 0 Å². The Morgan fingerprint density at radius 1 is 0.717 bits per heavy atom. The number of hydrogen-bond acceptors (Lipinski definition) is 6. The number of piperazine rings is 2. The molecular formula is C31H41Cl4N7O4. The number of carbonyl (C=O) groups is 3. The fourth-order valence-electron chi connectivity index (χ4n) is 5.24. The second-order valence-electron chi connectivity index (χ2n) is 12.2. The molecule has 3 N–H and O–H groups in total. The Balaban J connectivity index is 0.000000240. The van der Waals surface area contributed by atoms with Gasteiger partial charge in [0.25, 0.3) is 0 Å². The molecule has 3 fully saturated rings. The number of ether oxygens (including phenoxy) is 1. The maximum absolute atomic E-state index is 12.5. The molecule has 3 aliphatic heterocycles. The van der Waals surface area contributed by atoms with Gasteiger partial charge in [-0.15, -0.1) is 0 Å². The monoisotopic (exact) mass is 715 g/mol. The molecule has 2 aromatic rings. The first-order chi connectivity index (χ1) is 21.8. The summed E-state index contributed by atoms with van der Waals surface area (Å²) in [6.45, 7) is 12.9. The zero-order valence-electron chi connectivity index (χ0n) is 26.3. The first-order valence-electron chi connectivity index (χ1n) is 15.2. The van der Waals surface area contributed by atoms with E-state index in [0.29, 0.717) is 76.8 Å². The average Bonchev–Trinajstić information content (AvgIpc) is 3.52. The zero-order valence-corrected chi connectivity index (χ0v) is 29.3. The molecule has 1 unspecified atom stereocenters. The molecule has 0 aromatic heterocycles. The van der Waals surface area contributed by atoms with Crippen molar-refractivity contribution in [3.05, 3.63) is 56.5 Å². The van der Waals surface area contributed by atoms with E-state index in [4.69, 9.17) is 51.1 Å². The van der Waals surface area contributed by atoms with Crippen LogP contribution in [0.15, 0.2) is 36.4 Å². The van der Waals surface area contributed by atoms with E-state index in [1.807, 2.05) is 20.8 Å². The molecule has 11 nitrogen and oxygen atoms in total. The number of hydrogen-bond donors (Lipinski definition) is 3. The molecule has 0 saturated carbocycles. The van der Waals surface area contributed by atoms with Crippen LogP contribution in [-0.2, 0) is 4.74 Å². The van der Waals surface area contributed by atoms with E-state index in [0.717, 1.165) is 32.6 Å². The van der Waals surface area contributed by atoms with E-state index >= 15 is 0 Å². The van der Waals surface area contributed by atoms with Gasteiger partial charge in [-0.2, -0.15) is 0 Å². The van der Waals surface area contributed by atoms with Gasteiger partial charge in [0.1, 0.15) is 5.60 Å². The molecular weight excluding hydrogens is 676 g/mol. The van der Waals surface area contributed by atoms with Crippen LogP contribution in [0.25, 0.3) is 0 Å². The van der Waals surface area contributed by atoms with Gasteiger partial charge in [0.05, 0.1) is 20.1 Å². The Morgan fingerprint density at radius 2 is 1.22 bits per heavy atom. The standard InChI is InChI=1S/C20H28Cl2N4O3.C11H13Cl2N3O/c1-20(2,3)29-19(28)26-7-6-15(13-26)24-8-10-25(11-9-24)18(27)23-14-4-5-16(21)17(22)12-14;12-9-2-1-8(7-10(9)13)15-11(17)16-5-3-14-4-6-16/h4-5,12,15H,6-11,13H2,1-3H3,(H,23,27);1-2,7,14H,3-6H2,(H,15,17). The lowest BCUT2D eigenvalue weighted by Gasteiger charge is -2.37. The maximum Gasteiger partial charge on any atom is 0.410 e. The van der Waals surface area contributed by atoms with Gasteiger partial charge in [0.2, 0.25) is 0 Å². The third kappa shape index (κ3) is 10.7. The van der Waals surface area contributed by atoms with Gasteiger partial charge in [0.15, 0.2) is 0 Å². The summed E-state index contributed by atoms with van der Waals surface area (Å²) in [4.78, 5) is 44.3. The van der Waals surface area contributed by atoms with Crippen molar-refractivity contribution >= 4 is 75.9 Å². The third-order valence-electron chi connectivity index (χ3n) is 7.68. The van der Waals surface area contributed by atoms with Crippen molar-refractivity contribution in [2.24, 2.45) is 0 Å². The molecule has 252 valence electrons. The van der Waals surface area contributed by atoms with Crippen LogP contribution in [-0.4, -0.2) is 115 Å². The van der Waals surface area contributed by atoms with Crippen LogP contribution in [0.2, 0.25) is 20.1 Å². The van der Waals surface area contributed by atoms with E-state index in [1.165, 1.54) is 0 Å². The fraction of sp³-hybridized carbons (Fsp3) is 0.516. The summed E-state index contributed by atoms with van der Waals surface area (Å²) in [5.74, 6) is 0. The van der Waals surface area contributed by atoms with Gasteiger partial charge in [0, 0.05) is 82.9 Å². The van der Waals surface area contributed by atoms with Crippen molar-refractivity contribution in [1.82, 2.24) is 24.9 Å². The average molecular weight is 718 g/mol. The summed E-state index contributed by atoms with van der Waals surface area (Å²) >= 11 is 23.6. The number of amides is 5. The van der Waals surface area contributed by atoms with Crippen molar-refractivity contribution in [3.63, 3.8) is 0 Å². The first-order valence-corrected chi connectivity index (χ1v) is 16.7. The second-order valence-corrected chi connectivity index (χ2v) is 13.9. The van der Waals surface area contributed by atoms with E-state index in [1.54, 1.807) is 51.1 Å². The summed E-state index contributed by atoms with van der Waals surface area (Å²) in [5.41, 5.74) is 0.793. The van der Waals surface area contributed by atoms with E-state index in [2.05, 4.69) is 20.9 Å². The minimum atomic E-state index is -0.484. The van der Waals surface area contributed by atoms with Crippen molar-refractivity contribution in [3.8, 4) is 0 Å². The summed E-state index contributed by atoms with van der Waals surface area (Å²) in [6.07, 6.45) is 0.675. The highest BCUT2D eigenvalue weighted by Gasteiger charge is 2.34. The van der Waals surface area contributed by atoms with Crippen LogP contribution < -0.4 is 16.0 Å². The lowest BCUT2D eigenvalue weighted by atomic mass is 10.2. The number of carbonyl (C=O) groups excluding carboxylic acids is 3. The van der Waals surface area contributed by atoms with Gasteiger partial charge in [-0.1, -0.05) is 46.4 Å². The smallest absolute Gasteiger partial charge is 0.410 e. The highest BCUT2D eigenvalue weighted by Crippen LogP contribution is 2.26. The van der Waals surface area contributed by atoms with Crippen LogP contribution in [0.1, 0.15) is 27.2 Å². The second kappa shape index (κ2) is 16.4. The van der Waals surface area contributed by atoms with Crippen LogP contribution in [0.3, 0.4) is 0 Å². The number of nitrogens with one attached hydrogen (secondary N) is 3. The molecule has 1 atom stereocenters. The molecule has 2 aromatic carbocycles. The predicted octanol–water partition coefficient (Wildman–Crippen LogP) is 6.58. The van der Waals surface area contributed by atoms with Crippen LogP contribution in [0.4, 0.5) is 25.8 Å². The van der Waals surface area contributed by atoms with Crippen molar-refractivity contribution in [1.29, 1.82) is 0 Å². The van der Waals surface area contributed by atoms with Crippen molar-refractivity contribution in [2.75, 3.05) is 76.1 Å². The van der Waals surface area contributed by atoms with E-state index in [9.17, 15) is 14.4 Å². The van der Waals surface area contributed by atoms with Crippen LogP contribution >= 0.6 is 46.4 Å². The van der Waals surface area contributed by atoms with Gasteiger partial charge in [-0.05, 0) is 63.6 Å². The zero-order chi connectivity index (χ0) is 33.4. The molecule has 0 spiro atoms. The SMILES string of the molecule is CC(C)(C)OC(=O)N1CCC(N2CCN(C(=O)Nc3ccc(Cl)c(Cl)c3)CC2)C1.O=C(Nc1ccc(Cl)c(Cl)c1)N1CCNCC1. The highest BCUT2D eigenvalue weighted by atomic mass is 35.5. The topological polar surface area (TPSA) is 109 Å². The Morgan fingerprint density at radius 3 is 1.70 bits per heavy atom. The molecule has 46 heavy (non-hydrogen) atoms. The predicted molar refractivity (Wildman–Crippen MR) is 185 cm³/mol. The molecule has 3 heterocycles. The molecule has 15 heteroatoms. The summed E-state index contributed by atoms with van der Waals surface area (Å²) in [6, 6.07) is 10.1. The van der Waals surface area contributed by atoms with Crippen molar-refractivity contribution in [2.45, 2.75) is 38.8 Å². The highest BCUT2D eigenvalue weighted by molar-refractivity contribution is 6.42. The van der Waals surface area contributed by atoms with Gasteiger partial charge in [-0.3, -0.25) is 4.90 Å². The molecule has 0 bridgehead atoms. The Labute approximate surface area is 290 Å². The number of rotatable bonds is 3. The van der Waals surface area contributed by atoms with Gasteiger partial charge in [-0.25, -0.2) is 14.4 Å². The largest absolute Gasteiger partial charge is 0.444 e. The van der Waals surface area contributed by atoms with Crippen molar-refractivity contribution < 1.29 is 19.1 Å². The summed E-state index contributed by atoms with van der Waals surface area (Å²) in [5, 5.41) is 10.6. The fourth-order valence-corrected chi connectivity index (χ4v) is 5.84. The molecule has 0 radical (unpaired) electrons. The lowest BCUT2D eigenvalue weighted by molar-refractivity contribution is 0.0274. The number of anilines is 2. The van der Waals surface area contributed by atoms with E-state index in [-0.39, 0.29) is 18.2 Å². The van der Waals surface area contributed by atoms with E-state index < -0.39 is 5.60 Å². The number of benzene rings is 2. The summed E-state index contributed by atoms with van der Waals surface area (Å²) in [7, 11) is 0. The van der Waals surface area contributed by atoms with Gasteiger partial charge >= 0.3 is 18.2 Å². The number of nitrogens with zero attached hydrogens (tertiary/aromatic N) is 4. The first kappa shape index (κ1) is 36.2. The Bertz CT molecular complexity index is 1380. The lowest BCUT2D eigenvalue weighted by Crippen LogP contribution is -2.53. The Kier molecular flexibility index (Phi) is 12.9.